The molecule has 0 aliphatic heterocycles. The average molecular weight is 315 g/mol. The first-order valence-corrected chi connectivity index (χ1v) is 8.20. The molecule has 0 spiro atoms. The highest BCUT2D eigenvalue weighted by Gasteiger charge is 2.07. The molecule has 0 aliphatic carbocycles. The first-order chi connectivity index (χ1) is 10.3. The Bertz CT molecular complexity index is 698. The third-order valence-electron chi connectivity index (χ3n) is 2.75. The fourth-order valence-corrected chi connectivity index (χ4v) is 3.38. The highest BCUT2D eigenvalue weighted by molar-refractivity contribution is 7.98. The van der Waals surface area contributed by atoms with E-state index < -0.39 is 0 Å². The van der Waals surface area contributed by atoms with E-state index in [9.17, 15) is 0 Å². The first-order valence-electron chi connectivity index (χ1n) is 6.34. The zero-order valence-electron chi connectivity index (χ0n) is 11.4. The zero-order chi connectivity index (χ0) is 14.5. The summed E-state index contributed by atoms with van der Waals surface area (Å²) < 4.78 is 5.15. The molecule has 6 heteroatoms. The molecule has 0 radical (unpaired) electrons. The molecule has 4 nitrogen and oxygen atoms in total. The monoisotopic (exact) mass is 315 g/mol. The molecule has 0 atom stereocenters. The van der Waals surface area contributed by atoms with Crippen LogP contribution in [0.5, 0.6) is 5.75 Å². The van der Waals surface area contributed by atoms with E-state index in [2.05, 4.69) is 32.5 Å². The summed E-state index contributed by atoms with van der Waals surface area (Å²) in [5.41, 5.74) is 1.04. The molecule has 0 N–H and O–H groups in total. The van der Waals surface area contributed by atoms with Gasteiger partial charge in [0.15, 0.2) is 10.8 Å². The van der Waals surface area contributed by atoms with Crippen molar-refractivity contribution in [3.05, 3.63) is 53.8 Å². The second-order valence-corrected chi connectivity index (χ2v) is 6.09. The van der Waals surface area contributed by atoms with Crippen LogP contribution in [0.2, 0.25) is 0 Å². The number of hydrogen-bond acceptors (Lipinski definition) is 6. The van der Waals surface area contributed by atoms with Crippen LogP contribution in [0.15, 0.2) is 53.0 Å². The van der Waals surface area contributed by atoms with Crippen molar-refractivity contribution in [2.75, 3.05) is 7.11 Å². The van der Waals surface area contributed by atoms with Gasteiger partial charge in [-0.1, -0.05) is 0 Å². The number of nitrogens with zero attached hydrogens (tertiary/aromatic N) is 3. The van der Waals surface area contributed by atoms with Gasteiger partial charge < -0.3 is 4.74 Å². The van der Waals surface area contributed by atoms with Gasteiger partial charge in [0.1, 0.15) is 5.75 Å². The summed E-state index contributed by atoms with van der Waals surface area (Å²) in [7, 11) is 1.67. The minimum atomic E-state index is 0.684. The Morgan fingerprint density at radius 2 is 1.90 bits per heavy atom. The van der Waals surface area contributed by atoms with E-state index in [0.29, 0.717) is 5.82 Å². The molecule has 0 saturated carbocycles. The van der Waals surface area contributed by atoms with Gasteiger partial charge in [-0.05, 0) is 30.3 Å². The van der Waals surface area contributed by atoms with Crippen molar-refractivity contribution in [3.8, 4) is 16.6 Å². The molecule has 2 aromatic heterocycles. The smallest absolute Gasteiger partial charge is 0.188 e. The van der Waals surface area contributed by atoms with Crippen molar-refractivity contribution in [2.24, 2.45) is 0 Å². The maximum absolute atomic E-state index is 5.15. The van der Waals surface area contributed by atoms with E-state index >= 15 is 0 Å². The summed E-state index contributed by atoms with van der Waals surface area (Å²) in [6.07, 6.45) is 3.46. The number of hydrogen-bond donors (Lipinski definition) is 0. The topological polar surface area (TPSA) is 47.9 Å². The zero-order valence-corrected chi connectivity index (χ0v) is 13.0. The average Bonchev–Trinajstić information content (AvgIpc) is 3.03. The van der Waals surface area contributed by atoms with Crippen LogP contribution >= 0.6 is 23.1 Å². The third kappa shape index (κ3) is 3.59. The maximum Gasteiger partial charge on any atom is 0.188 e. The standard InChI is InChI=1S/C15H13N3OS2/c1-19-12-3-5-13(6-4-12)20-9-11-10-21-15(18-11)14-16-7-2-8-17-14/h2-8,10H,9H2,1H3. The van der Waals surface area contributed by atoms with Crippen LogP contribution in [0.1, 0.15) is 5.69 Å². The highest BCUT2D eigenvalue weighted by atomic mass is 32.2. The second-order valence-electron chi connectivity index (χ2n) is 4.18. The van der Waals surface area contributed by atoms with E-state index in [-0.39, 0.29) is 0 Å². The van der Waals surface area contributed by atoms with Gasteiger partial charge in [-0.25, -0.2) is 15.0 Å². The van der Waals surface area contributed by atoms with Crippen LogP contribution in [0, 0.1) is 0 Å². The van der Waals surface area contributed by atoms with Crippen LogP contribution in [0.3, 0.4) is 0 Å². The van der Waals surface area contributed by atoms with Gasteiger partial charge in [0, 0.05) is 28.4 Å². The van der Waals surface area contributed by atoms with Crippen LogP contribution in [-0.4, -0.2) is 22.1 Å². The molecule has 0 unspecified atom stereocenters. The second kappa shape index (κ2) is 6.69. The summed E-state index contributed by atoms with van der Waals surface area (Å²) in [6.45, 7) is 0. The summed E-state index contributed by atoms with van der Waals surface area (Å²) in [6, 6.07) is 9.84. The molecule has 0 saturated heterocycles. The van der Waals surface area contributed by atoms with Crippen LogP contribution in [0.4, 0.5) is 0 Å². The molecule has 21 heavy (non-hydrogen) atoms. The van der Waals surface area contributed by atoms with Gasteiger partial charge in [-0.2, -0.15) is 0 Å². The Morgan fingerprint density at radius 3 is 2.62 bits per heavy atom. The largest absolute Gasteiger partial charge is 0.497 e. The Labute approximate surface area is 131 Å². The number of rotatable bonds is 5. The quantitative estimate of drug-likeness (QED) is 0.668. The number of thiazole rings is 1. The minimum Gasteiger partial charge on any atom is -0.497 e. The van der Waals surface area contributed by atoms with E-state index in [1.54, 1.807) is 48.7 Å². The maximum atomic E-state index is 5.15. The lowest BCUT2D eigenvalue weighted by Gasteiger charge is -2.02. The van der Waals surface area contributed by atoms with Gasteiger partial charge >= 0.3 is 0 Å². The summed E-state index contributed by atoms with van der Waals surface area (Å²) >= 11 is 3.32. The summed E-state index contributed by atoms with van der Waals surface area (Å²) in [4.78, 5) is 14.2. The van der Waals surface area contributed by atoms with Gasteiger partial charge in [0.2, 0.25) is 0 Å². The lowest BCUT2D eigenvalue weighted by atomic mass is 10.3. The van der Waals surface area contributed by atoms with Crippen molar-refractivity contribution in [1.82, 2.24) is 15.0 Å². The third-order valence-corrected chi connectivity index (χ3v) is 4.69. The normalized spacial score (nSPS) is 10.5. The molecule has 0 fully saturated rings. The van der Waals surface area contributed by atoms with Gasteiger partial charge in [-0.15, -0.1) is 23.1 Å². The molecule has 2 heterocycles. The van der Waals surface area contributed by atoms with Crippen LogP contribution < -0.4 is 4.74 Å². The molecule has 3 rings (SSSR count). The Morgan fingerprint density at radius 1 is 1.14 bits per heavy atom. The van der Waals surface area contributed by atoms with E-state index in [4.69, 9.17) is 4.74 Å². The van der Waals surface area contributed by atoms with Crippen LogP contribution in [-0.2, 0) is 5.75 Å². The molecule has 1 aromatic carbocycles. The number of aromatic nitrogens is 3. The first kappa shape index (κ1) is 14.0. The lowest BCUT2D eigenvalue weighted by Crippen LogP contribution is -1.87. The number of ether oxygens (including phenoxy) is 1. The SMILES string of the molecule is COc1ccc(SCc2csc(-c3ncccn3)n2)cc1. The molecule has 0 amide bonds. The number of thioether (sulfide) groups is 1. The van der Waals surface area contributed by atoms with E-state index in [1.165, 1.54) is 4.90 Å². The Balaban J connectivity index is 1.64. The van der Waals surface area contributed by atoms with Crippen LogP contribution in [0.25, 0.3) is 10.8 Å². The van der Waals surface area contributed by atoms with E-state index in [0.717, 1.165) is 22.2 Å². The van der Waals surface area contributed by atoms with Gasteiger partial charge in [0.05, 0.1) is 12.8 Å². The fraction of sp³-hybridized carbons (Fsp3) is 0.133. The van der Waals surface area contributed by atoms with Crippen molar-refractivity contribution < 1.29 is 4.74 Å². The summed E-state index contributed by atoms with van der Waals surface area (Å²) in [5.74, 6) is 2.38. The fourth-order valence-electron chi connectivity index (χ4n) is 1.71. The molecule has 0 aliphatic rings. The predicted molar refractivity (Wildman–Crippen MR) is 85.7 cm³/mol. The lowest BCUT2D eigenvalue weighted by molar-refractivity contribution is 0.414. The van der Waals surface area contributed by atoms with Crippen molar-refractivity contribution >= 4 is 23.1 Å². The highest BCUT2D eigenvalue weighted by Crippen LogP contribution is 2.27. The Kier molecular flexibility index (Phi) is 4.47. The number of benzene rings is 1. The minimum absolute atomic E-state index is 0.684. The summed E-state index contributed by atoms with van der Waals surface area (Å²) in [5, 5.41) is 2.92. The van der Waals surface area contributed by atoms with Crippen molar-refractivity contribution in [2.45, 2.75) is 10.6 Å². The molecular formula is C15H13N3OS2. The molecule has 106 valence electrons. The van der Waals surface area contributed by atoms with E-state index in [1.807, 2.05) is 12.1 Å². The number of methoxy groups -OCH3 is 1. The van der Waals surface area contributed by atoms with Crippen molar-refractivity contribution in [1.29, 1.82) is 0 Å². The molecule has 3 aromatic rings. The molecular weight excluding hydrogens is 302 g/mol. The predicted octanol–water partition coefficient (Wildman–Crippen LogP) is 3.90. The Hall–Kier alpha value is -1.92. The van der Waals surface area contributed by atoms with Gasteiger partial charge in [0.25, 0.3) is 0 Å². The molecule has 0 bridgehead atoms. The van der Waals surface area contributed by atoms with Gasteiger partial charge in [-0.3, -0.25) is 0 Å². The van der Waals surface area contributed by atoms with Crippen molar-refractivity contribution in [3.63, 3.8) is 0 Å².